The van der Waals surface area contributed by atoms with Crippen LogP contribution in [0.5, 0.6) is 11.5 Å². The van der Waals surface area contributed by atoms with Gasteiger partial charge in [-0.1, -0.05) is 13.2 Å². The van der Waals surface area contributed by atoms with Crippen LogP contribution < -0.4 is 20.1 Å². The number of hydrogen-bond acceptors (Lipinski definition) is 6. The molecule has 0 saturated heterocycles. The van der Waals surface area contributed by atoms with E-state index in [4.69, 9.17) is 19.7 Å². The lowest BCUT2D eigenvalue weighted by Gasteiger charge is -2.18. The van der Waals surface area contributed by atoms with Gasteiger partial charge in [-0.05, 0) is 0 Å². The van der Waals surface area contributed by atoms with Crippen LogP contribution in [0.3, 0.4) is 0 Å². The van der Waals surface area contributed by atoms with Crippen molar-refractivity contribution in [2.24, 2.45) is 0 Å². The monoisotopic (exact) mass is 438 g/mol. The molecule has 0 radical (unpaired) electrons. The van der Waals surface area contributed by atoms with Crippen molar-refractivity contribution in [1.82, 2.24) is 0 Å². The molecule has 0 spiro atoms. The van der Waals surface area contributed by atoms with Gasteiger partial charge in [-0.15, -0.1) is 0 Å². The second-order valence-corrected chi connectivity index (χ2v) is 8.41. The fraction of sp³-hybridized carbons (Fsp3) is 0.143. The van der Waals surface area contributed by atoms with Gasteiger partial charge in [0.15, 0.2) is 0 Å². The molecule has 6 N–H and O–H groups in total. The lowest BCUT2D eigenvalue weighted by Crippen LogP contribution is -2.21. The number of ether oxygens (including phenoxy) is 2. The predicted molar refractivity (Wildman–Crippen MR) is 94.3 cm³/mol. The Morgan fingerprint density at radius 3 is 1.29 bits per heavy atom. The van der Waals surface area contributed by atoms with Gasteiger partial charge >= 0.3 is 27.1 Å². The van der Waals surface area contributed by atoms with Crippen molar-refractivity contribution in [2.75, 3.05) is 13.2 Å². The van der Waals surface area contributed by atoms with Gasteiger partial charge in [-0.3, -0.25) is 9.13 Å². The first kappa shape index (κ1) is 23.6. The number of aliphatic carboxylic acids is 2. The molecule has 1 aromatic rings. The van der Waals surface area contributed by atoms with E-state index in [2.05, 4.69) is 13.2 Å². The number of carboxylic acids is 2. The smallest absolute Gasteiger partial charge is 0.360 e. The summed E-state index contributed by atoms with van der Waals surface area (Å²) >= 11 is 0. The summed E-state index contributed by atoms with van der Waals surface area (Å²) in [6.07, 6.45) is 0. The molecule has 0 aliphatic heterocycles. The molecule has 0 bridgehead atoms. The summed E-state index contributed by atoms with van der Waals surface area (Å²) < 4.78 is 33.3. The van der Waals surface area contributed by atoms with E-state index in [0.29, 0.717) is 12.1 Å². The highest BCUT2D eigenvalue weighted by Gasteiger charge is 2.31. The van der Waals surface area contributed by atoms with Crippen molar-refractivity contribution in [1.29, 1.82) is 0 Å². The van der Waals surface area contributed by atoms with E-state index in [1.807, 2.05) is 0 Å². The number of hydrogen-bond donors (Lipinski definition) is 6. The average Bonchev–Trinajstić information content (AvgIpc) is 2.55. The number of benzene rings is 1. The highest BCUT2D eigenvalue weighted by Crippen LogP contribution is 2.43. The second-order valence-electron chi connectivity index (χ2n) is 5.27. The Balaban J connectivity index is 3.48. The lowest BCUT2D eigenvalue weighted by atomic mass is 10.3. The zero-order valence-electron chi connectivity index (χ0n) is 14.0. The molecular weight excluding hydrogens is 422 g/mol. The van der Waals surface area contributed by atoms with E-state index in [-0.39, 0.29) is 0 Å². The van der Waals surface area contributed by atoms with Gasteiger partial charge in [0.25, 0.3) is 0 Å². The number of rotatable bonds is 10. The van der Waals surface area contributed by atoms with Crippen molar-refractivity contribution < 1.29 is 58.0 Å². The zero-order chi connectivity index (χ0) is 21.9. The Kier molecular flexibility index (Phi) is 7.32. The average molecular weight is 438 g/mol. The van der Waals surface area contributed by atoms with Crippen LogP contribution in [0.25, 0.3) is 0 Å². The third kappa shape index (κ3) is 6.31. The molecule has 12 nitrogen and oxygen atoms in total. The molecule has 1 rings (SSSR count). The Hall–Kier alpha value is -2.46. The minimum atomic E-state index is -5.08. The van der Waals surface area contributed by atoms with E-state index >= 15 is 0 Å². The van der Waals surface area contributed by atoms with Gasteiger partial charge in [-0.2, -0.15) is 0 Å². The van der Waals surface area contributed by atoms with Gasteiger partial charge in [0, 0.05) is 12.1 Å². The molecule has 0 heterocycles. The third-order valence-corrected chi connectivity index (χ3v) is 5.03. The summed E-state index contributed by atoms with van der Waals surface area (Å²) in [7, 11) is -10.2. The van der Waals surface area contributed by atoms with Crippen LogP contribution in [-0.2, 0) is 18.7 Å². The molecule has 0 aliphatic rings. The molecule has 1 aromatic carbocycles. The van der Waals surface area contributed by atoms with E-state index in [0.717, 1.165) is 0 Å². The van der Waals surface area contributed by atoms with Crippen molar-refractivity contribution in [3.8, 4) is 11.5 Å². The maximum Gasteiger partial charge on any atom is 0.360 e. The topological polar surface area (TPSA) is 208 Å². The van der Waals surface area contributed by atoms with Gasteiger partial charge in [0.05, 0.1) is 11.1 Å². The first-order chi connectivity index (χ1) is 12.6. The van der Waals surface area contributed by atoms with Gasteiger partial charge in [0.1, 0.15) is 35.3 Å². The molecule has 154 valence electrons. The summed E-state index contributed by atoms with van der Waals surface area (Å²) in [5.41, 5.74) is -0.986. The summed E-state index contributed by atoms with van der Waals surface area (Å²) in [6.45, 7) is 4.83. The first-order valence-corrected chi connectivity index (χ1v) is 10.2. The van der Waals surface area contributed by atoms with Crippen molar-refractivity contribution >= 4 is 37.7 Å². The third-order valence-electron chi connectivity index (χ3n) is 3.08. The highest BCUT2D eigenvalue weighted by molar-refractivity contribution is 7.61. The van der Waals surface area contributed by atoms with E-state index in [9.17, 15) is 38.3 Å². The second kappa shape index (κ2) is 8.70. The van der Waals surface area contributed by atoms with E-state index < -0.39 is 73.6 Å². The zero-order valence-corrected chi connectivity index (χ0v) is 15.8. The Labute approximate surface area is 157 Å². The quantitative estimate of drug-likeness (QED) is 0.199. The summed E-state index contributed by atoms with van der Waals surface area (Å²) in [6, 6.07) is 1.15. The van der Waals surface area contributed by atoms with Crippen LogP contribution in [0.2, 0.25) is 0 Å². The van der Waals surface area contributed by atoms with Crippen molar-refractivity contribution in [3.63, 3.8) is 0 Å². The van der Waals surface area contributed by atoms with Crippen LogP contribution in [-0.4, -0.2) is 54.9 Å². The fourth-order valence-corrected chi connectivity index (χ4v) is 3.08. The molecule has 0 fully saturated rings. The molecule has 0 saturated carbocycles. The molecule has 14 heteroatoms. The number of carbonyl (C=O) groups is 2. The van der Waals surface area contributed by atoms with Crippen LogP contribution in [0, 0.1) is 0 Å². The van der Waals surface area contributed by atoms with Crippen LogP contribution in [0.15, 0.2) is 36.4 Å². The molecule has 0 amide bonds. The minimum Gasteiger partial charge on any atom is -0.488 e. The van der Waals surface area contributed by atoms with E-state index in [1.165, 1.54) is 0 Å². The van der Waals surface area contributed by atoms with Crippen molar-refractivity contribution in [2.45, 2.75) is 0 Å². The lowest BCUT2D eigenvalue weighted by molar-refractivity contribution is -0.134. The Morgan fingerprint density at radius 2 is 1.07 bits per heavy atom. The van der Waals surface area contributed by atoms with Crippen LogP contribution in [0.4, 0.5) is 0 Å². The SMILES string of the molecule is C=C(COc1cc(P(=O)(O)O)c(OCC(=C)C(=O)O)cc1P(=O)(O)O)C(=O)O. The maximum atomic E-state index is 11.7. The van der Waals surface area contributed by atoms with Gasteiger partial charge in [-0.25, -0.2) is 9.59 Å². The van der Waals surface area contributed by atoms with E-state index in [1.54, 1.807) is 0 Å². The Bertz CT molecular complexity index is 847. The standard InChI is InChI=1S/C14H16O12P2/c1-7(13(15)16)5-25-9-3-12(28(22,23)24)10(4-11(9)27(19,20)21)26-6-8(2)14(17)18/h3-4H,1-2,5-6H2,(H,15,16)(H,17,18)(H2,19,20,21)(H2,22,23,24). The molecule has 0 aromatic heterocycles. The minimum absolute atomic E-state index is 0.493. The summed E-state index contributed by atoms with van der Waals surface area (Å²) in [4.78, 5) is 59.3. The first-order valence-electron chi connectivity index (χ1n) is 7.02. The summed E-state index contributed by atoms with van der Waals surface area (Å²) in [5, 5.41) is 15.8. The van der Waals surface area contributed by atoms with Crippen LogP contribution >= 0.6 is 15.2 Å². The Morgan fingerprint density at radius 1 is 0.786 bits per heavy atom. The number of carboxylic acid groups (broad SMARTS) is 2. The fourth-order valence-electron chi connectivity index (χ4n) is 1.68. The predicted octanol–water partition coefficient (Wildman–Crippen LogP) is -0.668. The molecule has 0 unspecified atom stereocenters. The molecule has 0 atom stereocenters. The molecule has 0 aliphatic carbocycles. The summed E-state index contributed by atoms with van der Waals surface area (Å²) in [5.74, 6) is -4.34. The van der Waals surface area contributed by atoms with Gasteiger partial charge < -0.3 is 39.3 Å². The van der Waals surface area contributed by atoms with Crippen LogP contribution in [0.1, 0.15) is 0 Å². The molecule has 28 heavy (non-hydrogen) atoms. The van der Waals surface area contributed by atoms with Crippen molar-refractivity contribution in [3.05, 3.63) is 36.4 Å². The highest BCUT2D eigenvalue weighted by atomic mass is 31.2. The molecular formula is C14H16O12P2. The van der Waals surface area contributed by atoms with Gasteiger partial charge in [0.2, 0.25) is 0 Å². The normalized spacial score (nSPS) is 11.6. The largest absolute Gasteiger partial charge is 0.488 e. The maximum absolute atomic E-state index is 11.7.